The monoisotopic (exact) mass is 89.0 g/mol. The first-order chi connectivity index (χ1) is 2.00. The van der Waals surface area contributed by atoms with Gasteiger partial charge in [0.15, 0.2) is 0 Å². The molecule has 4 heavy (non-hydrogen) atoms. The van der Waals surface area contributed by atoms with Crippen LogP contribution in [0.5, 0.6) is 0 Å². The van der Waals surface area contributed by atoms with Crippen LogP contribution in [0.25, 0.3) is 0 Å². The Morgan fingerprint density at radius 2 is 2.25 bits per heavy atom. The molecule has 1 heterocycles. The van der Waals surface area contributed by atoms with Crippen LogP contribution in [0.2, 0.25) is 0 Å². The Kier molecular flexibility index (Phi) is 0.815. The van der Waals surface area contributed by atoms with Gasteiger partial charge in [0, 0.05) is 0 Å². The predicted molar refractivity (Wildman–Crippen MR) is 22.1 cm³/mol. The van der Waals surface area contributed by atoms with Crippen LogP contribution in [0.3, 0.4) is 0 Å². The van der Waals surface area contributed by atoms with Gasteiger partial charge in [0.2, 0.25) is 0 Å². The van der Waals surface area contributed by atoms with Crippen molar-refractivity contribution in [3.05, 3.63) is 0 Å². The van der Waals surface area contributed by atoms with Gasteiger partial charge in [-0.1, -0.05) is 8.73 Å². The Morgan fingerprint density at radius 1 is 2.00 bits per heavy atom. The first-order valence-electron chi connectivity index (χ1n) is 1.21. The summed E-state index contributed by atoms with van der Waals surface area (Å²) in [6.07, 6.45) is 0. The highest BCUT2D eigenvalue weighted by molar-refractivity contribution is 7.45. The summed E-state index contributed by atoms with van der Waals surface area (Å²) in [5, 5.41) is 0. The van der Waals surface area contributed by atoms with Crippen LogP contribution in [0.15, 0.2) is 0 Å². The molecular weight excluding hydrogens is 85.1 g/mol. The van der Waals surface area contributed by atoms with Gasteiger partial charge in [0.1, 0.15) is 9.68 Å². The first-order valence-corrected chi connectivity index (χ1v) is 3.62. The fourth-order valence-corrected chi connectivity index (χ4v) is 0.795. The van der Waals surface area contributed by atoms with E-state index in [1.165, 1.54) is 5.79 Å². The normalized spacial score (nSPS) is 30.0. The molecule has 1 aliphatic rings. The van der Waals surface area contributed by atoms with Gasteiger partial charge in [0.25, 0.3) is 0 Å². The summed E-state index contributed by atoms with van der Waals surface area (Å²) in [7, 11) is 2.17. The van der Waals surface area contributed by atoms with Gasteiger partial charge in [-0.25, -0.2) is 0 Å². The number of hydrogen-bond acceptors (Lipinski definition) is 1. The molecule has 1 aliphatic heterocycles. The zero-order chi connectivity index (χ0) is 2.83. The van der Waals surface area contributed by atoms with E-state index in [2.05, 4.69) is 4.75 Å². The lowest BCUT2D eigenvalue weighted by molar-refractivity contribution is 1.53. The van der Waals surface area contributed by atoms with Crippen LogP contribution in [-0.4, -0.2) is 15.5 Å². The average Bonchev–Trinajstić information content (AvgIpc) is 0.722. The van der Waals surface area contributed by atoms with E-state index < -0.39 is 0 Å². The minimum atomic E-state index is 1.08. The maximum Gasteiger partial charge on any atom is 0.148 e. The largest absolute Gasteiger partial charge is 0.320 e. The van der Waals surface area contributed by atoms with Crippen molar-refractivity contribution in [3.8, 4) is 0 Å². The lowest BCUT2D eigenvalue weighted by atomic mass is 11.9. The van der Waals surface area contributed by atoms with E-state index in [-0.39, 0.29) is 0 Å². The Morgan fingerprint density at radius 3 is 2.25 bits per heavy atom. The summed E-state index contributed by atoms with van der Waals surface area (Å²) < 4.78 is 3.17. The molecule has 3 heteroatoms. The number of rotatable bonds is 0. The first kappa shape index (κ1) is 2.82. The molecule has 0 saturated carbocycles. The molecule has 0 amide bonds. The van der Waals surface area contributed by atoms with E-state index in [1.807, 2.05) is 0 Å². The molecule has 1 saturated heterocycles. The quantitative estimate of drug-likeness (QED) is 0.319. The molecule has 0 aromatic heterocycles. The molecule has 22 valence electrons. The van der Waals surface area contributed by atoms with Crippen molar-refractivity contribution in [2.75, 3.05) is 5.79 Å². The second kappa shape index (κ2) is 1.15. The van der Waals surface area contributed by atoms with Gasteiger partial charge in [-0.15, -0.1) is 0 Å². The van der Waals surface area contributed by atoms with Crippen LogP contribution in [-0.2, 0) is 0 Å². The van der Waals surface area contributed by atoms with Crippen molar-refractivity contribution in [2.45, 2.75) is 0 Å². The maximum atomic E-state index is 3.17. The van der Waals surface area contributed by atoms with E-state index in [4.69, 9.17) is 0 Å². The van der Waals surface area contributed by atoms with Crippen LogP contribution < -0.4 is 4.75 Å². The summed E-state index contributed by atoms with van der Waals surface area (Å²) in [6, 6.07) is 0. The second-order valence-electron chi connectivity index (χ2n) is 0.655. The minimum Gasteiger partial charge on any atom is -0.320 e. The highest BCUT2D eigenvalue weighted by Gasteiger charge is 1.95. The van der Waals surface area contributed by atoms with Gasteiger partial charge in [-0.2, -0.15) is 0 Å². The molecule has 0 aliphatic carbocycles. The van der Waals surface area contributed by atoms with Crippen LogP contribution in [0, 0.1) is 0 Å². The Hall–Kier alpha value is 0.607. The molecule has 0 aromatic carbocycles. The molecular formula is CH4NPSi. The fourth-order valence-electron chi connectivity index (χ4n) is 0.0884. The standard InChI is InChI=1S/CH4NPSi/c1-3-2-4-1/h2-3H,1H2. The van der Waals surface area contributed by atoms with Crippen molar-refractivity contribution >= 4 is 18.4 Å². The third kappa shape index (κ3) is 0.317. The molecule has 2 radical (unpaired) electrons. The molecule has 0 aromatic rings. The fraction of sp³-hybridized carbons (Fsp3) is 1.00. The summed E-state index contributed by atoms with van der Waals surface area (Å²) in [5.74, 6) is 1.44. The van der Waals surface area contributed by atoms with Gasteiger partial charge in [-0.05, 0) is 5.79 Å². The summed E-state index contributed by atoms with van der Waals surface area (Å²) in [6.45, 7) is 0. The molecule has 0 spiro atoms. The van der Waals surface area contributed by atoms with Crippen LogP contribution in [0.1, 0.15) is 0 Å². The van der Waals surface area contributed by atoms with E-state index in [9.17, 15) is 0 Å². The van der Waals surface area contributed by atoms with Crippen molar-refractivity contribution in [3.63, 3.8) is 0 Å². The molecule has 1 unspecified atom stereocenters. The average molecular weight is 89.1 g/mol. The Bertz CT molecular complexity index is 16.0. The van der Waals surface area contributed by atoms with Crippen molar-refractivity contribution < 1.29 is 0 Å². The van der Waals surface area contributed by atoms with Gasteiger partial charge >= 0.3 is 0 Å². The molecule has 1 nitrogen and oxygen atoms in total. The topological polar surface area (TPSA) is 12.0 Å². The van der Waals surface area contributed by atoms with E-state index in [0.717, 1.165) is 18.4 Å². The van der Waals surface area contributed by atoms with Crippen molar-refractivity contribution in [2.24, 2.45) is 0 Å². The maximum absolute atomic E-state index is 3.17. The third-order valence-electron chi connectivity index (χ3n) is 0.354. The molecule has 1 atom stereocenters. The Labute approximate surface area is 29.9 Å². The van der Waals surface area contributed by atoms with E-state index in [1.54, 1.807) is 0 Å². The van der Waals surface area contributed by atoms with Crippen LogP contribution >= 0.6 is 8.73 Å². The summed E-state index contributed by atoms with van der Waals surface area (Å²) in [4.78, 5) is 0. The highest BCUT2D eigenvalue weighted by atomic mass is 31.1. The lowest BCUT2D eigenvalue weighted by Gasteiger charge is -2.07. The second-order valence-corrected chi connectivity index (χ2v) is 3.78. The SMILES string of the molecule is C1[Si]NP1. The highest BCUT2D eigenvalue weighted by Crippen LogP contribution is 2.06. The van der Waals surface area contributed by atoms with Crippen LogP contribution in [0.4, 0.5) is 0 Å². The summed E-state index contributed by atoms with van der Waals surface area (Å²) >= 11 is 0. The number of hydrogen-bond donors (Lipinski definition) is 1. The molecule has 1 rings (SSSR count). The summed E-state index contributed by atoms with van der Waals surface area (Å²) in [5.41, 5.74) is 0. The Balaban J connectivity index is 2.00. The van der Waals surface area contributed by atoms with Crippen molar-refractivity contribution in [1.29, 1.82) is 0 Å². The van der Waals surface area contributed by atoms with Gasteiger partial charge < -0.3 is 4.75 Å². The van der Waals surface area contributed by atoms with E-state index in [0.29, 0.717) is 0 Å². The predicted octanol–water partition coefficient (Wildman–Crippen LogP) is -0.240. The zero-order valence-electron chi connectivity index (χ0n) is 2.21. The van der Waals surface area contributed by atoms with Gasteiger partial charge in [-0.3, -0.25) is 0 Å². The molecule has 0 bridgehead atoms. The number of nitrogens with one attached hydrogen (secondary N) is 1. The molecule has 1 N–H and O–H groups in total. The zero-order valence-corrected chi connectivity index (χ0v) is 4.21. The van der Waals surface area contributed by atoms with Gasteiger partial charge in [0.05, 0.1) is 0 Å². The molecule has 1 fully saturated rings. The lowest BCUT2D eigenvalue weighted by Crippen LogP contribution is -2.22. The minimum absolute atomic E-state index is 1.08. The third-order valence-corrected chi connectivity index (χ3v) is 3.18. The van der Waals surface area contributed by atoms with Crippen molar-refractivity contribution in [1.82, 2.24) is 4.75 Å². The smallest absolute Gasteiger partial charge is 0.148 e. The van der Waals surface area contributed by atoms with E-state index >= 15 is 0 Å².